The second-order valence-electron chi connectivity index (χ2n) is 6.14. The predicted octanol–water partition coefficient (Wildman–Crippen LogP) is 4.74. The van der Waals surface area contributed by atoms with Gasteiger partial charge in [-0.1, -0.05) is 12.1 Å². The van der Waals surface area contributed by atoms with Crippen molar-refractivity contribution in [3.05, 3.63) is 83.2 Å². The zero-order valence-electron chi connectivity index (χ0n) is 15.5. The fraction of sp³-hybridized carbons (Fsp3) is 0.100. The van der Waals surface area contributed by atoms with E-state index in [1.807, 2.05) is 0 Å². The number of nitrogens with zero attached hydrogens (tertiary/aromatic N) is 2. The Morgan fingerprint density at radius 1 is 1.10 bits per heavy atom. The summed E-state index contributed by atoms with van der Waals surface area (Å²) in [5.74, 6) is -6.97. The summed E-state index contributed by atoms with van der Waals surface area (Å²) in [5.41, 5.74) is -0.00507. The van der Waals surface area contributed by atoms with Crippen LogP contribution in [-0.4, -0.2) is 22.3 Å². The Morgan fingerprint density at radius 2 is 1.81 bits per heavy atom. The SMILES string of the molecule is O=C(/C=C\c1ccc(OC(F)F)cc1)Nc1cnn(Cc2c(F)cc(F)c(F)c2F)c1. The second kappa shape index (κ2) is 9.37. The number of alkyl halides is 2. The van der Waals surface area contributed by atoms with Crippen LogP contribution in [0.5, 0.6) is 5.75 Å². The van der Waals surface area contributed by atoms with E-state index in [0.29, 0.717) is 5.56 Å². The number of hydrogen-bond donors (Lipinski definition) is 1. The third-order valence-corrected chi connectivity index (χ3v) is 3.96. The maximum absolute atomic E-state index is 13.8. The van der Waals surface area contributed by atoms with Crippen molar-refractivity contribution in [2.45, 2.75) is 13.2 Å². The second-order valence-corrected chi connectivity index (χ2v) is 6.14. The molecule has 0 atom stereocenters. The van der Waals surface area contributed by atoms with E-state index in [1.54, 1.807) is 0 Å². The summed E-state index contributed by atoms with van der Waals surface area (Å²) in [4.78, 5) is 12.0. The van der Waals surface area contributed by atoms with Crippen LogP contribution in [0.1, 0.15) is 11.1 Å². The first kappa shape index (κ1) is 21.9. The number of amides is 1. The molecule has 0 saturated heterocycles. The van der Waals surface area contributed by atoms with Crippen LogP contribution in [0.3, 0.4) is 0 Å². The van der Waals surface area contributed by atoms with E-state index in [-0.39, 0.29) is 17.5 Å². The zero-order valence-corrected chi connectivity index (χ0v) is 15.5. The number of rotatable bonds is 7. The van der Waals surface area contributed by atoms with Crippen LogP contribution in [0, 0.1) is 23.3 Å². The van der Waals surface area contributed by atoms with E-state index < -0.39 is 47.9 Å². The third kappa shape index (κ3) is 5.65. The van der Waals surface area contributed by atoms with Crippen molar-refractivity contribution < 1.29 is 35.9 Å². The van der Waals surface area contributed by atoms with Gasteiger partial charge in [0.15, 0.2) is 17.5 Å². The van der Waals surface area contributed by atoms with Crippen molar-refractivity contribution in [2.75, 3.05) is 5.32 Å². The van der Waals surface area contributed by atoms with E-state index in [4.69, 9.17) is 0 Å². The Hall–Kier alpha value is -3.76. The molecule has 0 aliphatic rings. The molecule has 3 aromatic rings. The van der Waals surface area contributed by atoms with Crippen LogP contribution in [0.2, 0.25) is 0 Å². The van der Waals surface area contributed by atoms with Crippen LogP contribution in [0.4, 0.5) is 32.0 Å². The molecule has 0 unspecified atom stereocenters. The normalized spacial score (nSPS) is 11.3. The average molecular weight is 441 g/mol. The number of aromatic nitrogens is 2. The van der Waals surface area contributed by atoms with Gasteiger partial charge in [0.2, 0.25) is 5.91 Å². The molecule has 1 heterocycles. The summed E-state index contributed by atoms with van der Waals surface area (Å²) in [6.07, 6.45) is 5.01. The third-order valence-electron chi connectivity index (χ3n) is 3.96. The topological polar surface area (TPSA) is 56.1 Å². The highest BCUT2D eigenvalue weighted by Crippen LogP contribution is 2.20. The zero-order chi connectivity index (χ0) is 22.5. The number of nitrogens with one attached hydrogen (secondary N) is 1. The smallest absolute Gasteiger partial charge is 0.387 e. The van der Waals surface area contributed by atoms with Gasteiger partial charge in [0, 0.05) is 23.9 Å². The Bertz CT molecular complexity index is 1110. The lowest BCUT2D eigenvalue weighted by Gasteiger charge is -2.06. The Labute approximate surface area is 171 Å². The predicted molar refractivity (Wildman–Crippen MR) is 98.3 cm³/mol. The largest absolute Gasteiger partial charge is 0.435 e. The number of carbonyl (C=O) groups is 1. The van der Waals surface area contributed by atoms with Crippen LogP contribution in [0.25, 0.3) is 6.08 Å². The molecule has 0 radical (unpaired) electrons. The quantitative estimate of drug-likeness (QED) is 0.249. The summed E-state index contributed by atoms with van der Waals surface area (Å²) in [5, 5.41) is 6.25. The molecule has 31 heavy (non-hydrogen) atoms. The van der Waals surface area contributed by atoms with Crippen molar-refractivity contribution in [2.24, 2.45) is 0 Å². The molecule has 3 rings (SSSR count). The van der Waals surface area contributed by atoms with Gasteiger partial charge in [0.05, 0.1) is 18.4 Å². The lowest BCUT2D eigenvalue weighted by Crippen LogP contribution is -2.09. The van der Waals surface area contributed by atoms with Gasteiger partial charge in [-0.3, -0.25) is 9.48 Å². The Morgan fingerprint density at radius 3 is 2.48 bits per heavy atom. The van der Waals surface area contributed by atoms with Crippen LogP contribution in [0.15, 0.2) is 48.8 Å². The lowest BCUT2D eigenvalue weighted by atomic mass is 10.2. The van der Waals surface area contributed by atoms with Crippen molar-refractivity contribution in [1.82, 2.24) is 9.78 Å². The van der Waals surface area contributed by atoms with E-state index in [2.05, 4.69) is 15.2 Å². The number of hydrogen-bond acceptors (Lipinski definition) is 3. The van der Waals surface area contributed by atoms with Gasteiger partial charge < -0.3 is 10.1 Å². The first-order chi connectivity index (χ1) is 14.7. The van der Waals surface area contributed by atoms with Crippen molar-refractivity contribution in [3.63, 3.8) is 0 Å². The van der Waals surface area contributed by atoms with Crippen molar-refractivity contribution >= 4 is 17.7 Å². The van der Waals surface area contributed by atoms with Gasteiger partial charge in [-0.15, -0.1) is 0 Å². The molecule has 0 spiro atoms. The van der Waals surface area contributed by atoms with E-state index in [9.17, 15) is 31.1 Å². The molecule has 0 bridgehead atoms. The van der Waals surface area contributed by atoms with Crippen LogP contribution >= 0.6 is 0 Å². The molecule has 1 amide bonds. The first-order valence-electron chi connectivity index (χ1n) is 8.61. The fourth-order valence-corrected chi connectivity index (χ4v) is 2.54. The molecule has 0 fully saturated rings. The molecule has 5 nitrogen and oxygen atoms in total. The summed E-state index contributed by atoms with van der Waals surface area (Å²) in [6, 6.07) is 5.78. The summed E-state index contributed by atoms with van der Waals surface area (Å²) < 4.78 is 83.3. The average Bonchev–Trinajstić information content (AvgIpc) is 3.15. The number of carbonyl (C=O) groups excluding carboxylic acids is 1. The van der Waals surface area contributed by atoms with E-state index in [1.165, 1.54) is 42.7 Å². The molecule has 2 aromatic carbocycles. The van der Waals surface area contributed by atoms with Gasteiger partial charge in [-0.05, 0) is 23.8 Å². The van der Waals surface area contributed by atoms with Crippen molar-refractivity contribution in [3.8, 4) is 5.75 Å². The van der Waals surface area contributed by atoms with E-state index >= 15 is 0 Å². The maximum atomic E-state index is 13.8. The number of halogens is 6. The summed E-state index contributed by atoms with van der Waals surface area (Å²) >= 11 is 0. The van der Waals surface area contributed by atoms with E-state index in [0.717, 1.165) is 10.8 Å². The summed E-state index contributed by atoms with van der Waals surface area (Å²) in [7, 11) is 0. The monoisotopic (exact) mass is 441 g/mol. The number of ether oxygens (including phenoxy) is 1. The lowest BCUT2D eigenvalue weighted by molar-refractivity contribution is -0.111. The standard InChI is InChI=1S/C20H13F6N3O2/c21-15-7-16(22)19(24)18(23)14(15)10-29-9-12(8-27-29)28-17(30)6-3-11-1-4-13(5-2-11)31-20(25)26/h1-9,20H,10H2,(H,28,30)/b6-3-. The minimum atomic E-state index is -2.94. The molecule has 11 heteroatoms. The first-order valence-corrected chi connectivity index (χ1v) is 8.61. The Kier molecular flexibility index (Phi) is 6.63. The summed E-state index contributed by atoms with van der Waals surface area (Å²) in [6.45, 7) is -3.48. The number of benzene rings is 2. The number of anilines is 1. The molecule has 1 N–H and O–H groups in total. The van der Waals surface area contributed by atoms with Gasteiger partial charge in [-0.2, -0.15) is 13.9 Å². The maximum Gasteiger partial charge on any atom is 0.387 e. The molecule has 0 saturated carbocycles. The molecular formula is C20H13F6N3O2. The Balaban J connectivity index is 1.61. The minimum absolute atomic E-state index is 0.0297. The van der Waals surface area contributed by atoms with Gasteiger partial charge in [0.25, 0.3) is 0 Å². The molecule has 0 aliphatic carbocycles. The molecule has 0 aliphatic heterocycles. The van der Waals surface area contributed by atoms with Gasteiger partial charge >= 0.3 is 6.61 Å². The minimum Gasteiger partial charge on any atom is -0.435 e. The highest BCUT2D eigenvalue weighted by Gasteiger charge is 2.19. The van der Waals surface area contributed by atoms with Crippen LogP contribution < -0.4 is 10.1 Å². The molecule has 162 valence electrons. The fourth-order valence-electron chi connectivity index (χ4n) is 2.54. The highest BCUT2D eigenvalue weighted by atomic mass is 19.3. The highest BCUT2D eigenvalue weighted by molar-refractivity contribution is 6.01. The molecule has 1 aromatic heterocycles. The van der Waals surface area contributed by atoms with Gasteiger partial charge in [-0.25, -0.2) is 17.6 Å². The van der Waals surface area contributed by atoms with Crippen molar-refractivity contribution in [1.29, 1.82) is 0 Å². The van der Waals surface area contributed by atoms with Crippen LogP contribution in [-0.2, 0) is 11.3 Å². The van der Waals surface area contributed by atoms with Gasteiger partial charge in [0.1, 0.15) is 11.6 Å². The molecular weight excluding hydrogens is 428 g/mol.